The van der Waals surface area contributed by atoms with Crippen molar-refractivity contribution in [1.82, 2.24) is 0 Å². The van der Waals surface area contributed by atoms with E-state index in [1.165, 1.54) is 204 Å². The van der Waals surface area contributed by atoms with Crippen LogP contribution in [0.1, 0.15) is 304 Å². The molecule has 0 aliphatic carbocycles. The Balaban J connectivity index is 0. The largest absolute Gasteiger partial charge is 0.550 e. The Hall–Kier alpha value is -1.89. The van der Waals surface area contributed by atoms with Crippen LogP contribution in [0.2, 0.25) is 0 Å². The number of hydrogen-bond donors (Lipinski definition) is 3. The predicted molar refractivity (Wildman–Crippen MR) is 278 cm³/mol. The van der Waals surface area contributed by atoms with Crippen LogP contribution in [0.15, 0.2) is 11.6 Å². The van der Waals surface area contributed by atoms with Crippen LogP contribution in [0.25, 0.3) is 0 Å². The smallest absolute Gasteiger partial charge is 0.303 e. The van der Waals surface area contributed by atoms with Gasteiger partial charge in [0, 0.05) is 18.8 Å². The molecule has 0 radical (unpaired) electrons. The van der Waals surface area contributed by atoms with Gasteiger partial charge in [0.1, 0.15) is 0 Å². The van der Waals surface area contributed by atoms with E-state index in [0.29, 0.717) is 11.8 Å². The molecular weight excluding hydrogens is 807 g/mol. The van der Waals surface area contributed by atoms with Crippen LogP contribution in [0, 0.1) is 17.8 Å². The SMILES string of the molecule is CCCCCCCC/C(=C/CCCCCCCC(=O)O)C(CCCCCCC)C(CCCCCCCC(=O)O)C(CCCCCCCC)CCCCCCCCC(=O)[O-].CCC[NH+](C)C. The number of unbranched alkanes of at least 4 members (excludes halogenated alkanes) is 28. The highest BCUT2D eigenvalue weighted by Crippen LogP contribution is 2.42. The van der Waals surface area contributed by atoms with Gasteiger partial charge in [-0.25, -0.2) is 0 Å². The lowest BCUT2D eigenvalue weighted by atomic mass is 9.68. The van der Waals surface area contributed by atoms with E-state index in [0.717, 1.165) is 70.1 Å². The van der Waals surface area contributed by atoms with Gasteiger partial charge >= 0.3 is 11.9 Å². The van der Waals surface area contributed by atoms with Crippen molar-refractivity contribution < 1.29 is 34.6 Å². The lowest BCUT2D eigenvalue weighted by Crippen LogP contribution is -3.05. The van der Waals surface area contributed by atoms with Crippen LogP contribution in [0.5, 0.6) is 0 Å². The molecule has 0 fully saturated rings. The molecule has 3 N–H and O–H groups in total. The molecule has 0 amide bonds. The number of rotatable bonds is 50. The van der Waals surface area contributed by atoms with Crippen LogP contribution in [-0.4, -0.2) is 48.8 Å². The summed E-state index contributed by atoms with van der Waals surface area (Å²) in [6.45, 7) is 10.4. The van der Waals surface area contributed by atoms with E-state index in [2.05, 4.69) is 47.9 Å². The van der Waals surface area contributed by atoms with Crippen molar-refractivity contribution in [1.29, 1.82) is 0 Å². The van der Waals surface area contributed by atoms with Gasteiger partial charge in [0.15, 0.2) is 0 Å². The average molecular weight is 921 g/mol. The molecule has 0 bridgehead atoms. The van der Waals surface area contributed by atoms with Crippen molar-refractivity contribution in [2.45, 2.75) is 304 Å². The Bertz CT molecular complexity index is 1060. The third-order valence-electron chi connectivity index (χ3n) is 13.8. The van der Waals surface area contributed by atoms with Gasteiger partial charge < -0.3 is 25.0 Å². The zero-order valence-corrected chi connectivity index (χ0v) is 44.4. The molecule has 386 valence electrons. The fraction of sp³-hybridized carbons (Fsp3) is 0.914. The first-order valence-corrected chi connectivity index (χ1v) is 28.6. The molecule has 0 rings (SSSR count). The minimum absolute atomic E-state index is 0.183. The Kier molecular flexibility index (Phi) is 51.7. The molecular formula is C58H113NO6. The number of nitrogens with one attached hydrogen (secondary N) is 1. The summed E-state index contributed by atoms with van der Waals surface area (Å²) < 4.78 is 0. The van der Waals surface area contributed by atoms with E-state index in [9.17, 15) is 24.6 Å². The van der Waals surface area contributed by atoms with E-state index in [1.54, 1.807) is 5.57 Å². The van der Waals surface area contributed by atoms with Crippen molar-refractivity contribution in [3.63, 3.8) is 0 Å². The highest BCUT2D eigenvalue weighted by Gasteiger charge is 2.31. The molecule has 0 saturated carbocycles. The number of carboxylic acid groups (broad SMARTS) is 3. The van der Waals surface area contributed by atoms with E-state index in [1.807, 2.05) is 0 Å². The maximum absolute atomic E-state index is 11.2. The first-order valence-electron chi connectivity index (χ1n) is 28.6. The standard InChI is InChI=1S/C53H100O6.C5H13N/c1-4-7-10-13-21-29-38-47(40-31-23-15-17-26-35-44-51(54)55)49(42-33-20-12-9-6-3)50(43-34-25-19-28-37-46-53(58)59)48(39-30-22-14-11-8-5-2)41-32-24-16-18-27-36-45-52(56)57;1-4-5-6(2)3/h40,48-50H,4-39,41-46H2,1-3H3,(H,54,55)(H,56,57)(H,58,59);4-5H2,1-3H3/b47-40-;. The molecule has 0 aliphatic rings. The Labute approximate surface area is 404 Å². The van der Waals surface area contributed by atoms with Gasteiger partial charge in [0.05, 0.1) is 20.6 Å². The topological polar surface area (TPSA) is 119 Å². The maximum Gasteiger partial charge on any atom is 0.303 e. The van der Waals surface area contributed by atoms with Crippen molar-refractivity contribution in [2.75, 3.05) is 20.6 Å². The minimum Gasteiger partial charge on any atom is -0.550 e. The van der Waals surface area contributed by atoms with E-state index in [-0.39, 0.29) is 19.3 Å². The van der Waals surface area contributed by atoms with E-state index in [4.69, 9.17) is 5.11 Å². The number of allylic oxidation sites excluding steroid dienone is 2. The molecule has 0 spiro atoms. The third-order valence-corrected chi connectivity index (χ3v) is 13.8. The molecule has 3 unspecified atom stereocenters. The van der Waals surface area contributed by atoms with Crippen molar-refractivity contribution in [3.05, 3.63) is 11.6 Å². The van der Waals surface area contributed by atoms with Gasteiger partial charge in [0.25, 0.3) is 0 Å². The number of quaternary nitrogens is 1. The summed E-state index contributed by atoms with van der Waals surface area (Å²) >= 11 is 0. The van der Waals surface area contributed by atoms with Gasteiger partial charge in [-0.15, -0.1) is 0 Å². The highest BCUT2D eigenvalue weighted by molar-refractivity contribution is 5.66. The summed E-state index contributed by atoms with van der Waals surface area (Å²) in [4.78, 5) is 34.6. The third kappa shape index (κ3) is 48.4. The number of hydrogen-bond acceptors (Lipinski definition) is 4. The zero-order valence-electron chi connectivity index (χ0n) is 44.4. The molecule has 0 aromatic rings. The van der Waals surface area contributed by atoms with Crippen molar-refractivity contribution >= 4 is 17.9 Å². The van der Waals surface area contributed by atoms with Crippen LogP contribution in [0.4, 0.5) is 0 Å². The van der Waals surface area contributed by atoms with Gasteiger partial charge in [-0.1, -0.05) is 232 Å². The van der Waals surface area contributed by atoms with Crippen LogP contribution in [-0.2, 0) is 14.4 Å². The average Bonchev–Trinajstić information content (AvgIpc) is 3.26. The van der Waals surface area contributed by atoms with E-state index < -0.39 is 17.9 Å². The second kappa shape index (κ2) is 51.5. The maximum atomic E-state index is 11.2. The number of carbonyl (C=O) groups excluding carboxylic acids is 1. The summed E-state index contributed by atoms with van der Waals surface area (Å²) in [5.41, 5.74) is 1.77. The summed E-state index contributed by atoms with van der Waals surface area (Å²) in [6.07, 6.45) is 52.2. The molecule has 0 heterocycles. The van der Waals surface area contributed by atoms with E-state index >= 15 is 0 Å². The second-order valence-corrected chi connectivity index (χ2v) is 20.5. The van der Waals surface area contributed by atoms with Gasteiger partial charge in [-0.2, -0.15) is 0 Å². The molecule has 7 heteroatoms. The quantitative estimate of drug-likeness (QED) is 0.0413. The Morgan fingerprint density at radius 3 is 1.17 bits per heavy atom. The molecule has 65 heavy (non-hydrogen) atoms. The Morgan fingerprint density at radius 1 is 0.431 bits per heavy atom. The van der Waals surface area contributed by atoms with Crippen LogP contribution in [0.3, 0.4) is 0 Å². The fourth-order valence-corrected chi connectivity index (χ4v) is 10.0. The fourth-order valence-electron chi connectivity index (χ4n) is 10.0. The first kappa shape index (κ1) is 65.2. The molecule has 7 nitrogen and oxygen atoms in total. The Morgan fingerprint density at radius 2 is 0.785 bits per heavy atom. The summed E-state index contributed by atoms with van der Waals surface area (Å²) in [6, 6.07) is 0. The second-order valence-electron chi connectivity index (χ2n) is 20.5. The van der Waals surface area contributed by atoms with Crippen LogP contribution >= 0.6 is 0 Å². The monoisotopic (exact) mass is 920 g/mol. The molecule has 0 aromatic carbocycles. The minimum atomic E-state index is -0.924. The molecule has 0 saturated heterocycles. The number of aliphatic carboxylic acids is 3. The lowest BCUT2D eigenvalue weighted by Gasteiger charge is -2.37. The van der Waals surface area contributed by atoms with Gasteiger partial charge in [-0.05, 0) is 88.4 Å². The lowest BCUT2D eigenvalue weighted by molar-refractivity contribution is -0.858. The summed E-state index contributed by atoms with van der Waals surface area (Å²) in [7, 11) is 4.34. The molecule has 0 aliphatic heterocycles. The highest BCUT2D eigenvalue weighted by atomic mass is 16.4. The van der Waals surface area contributed by atoms with Gasteiger partial charge in [-0.3, -0.25) is 9.59 Å². The number of carboxylic acids is 3. The van der Waals surface area contributed by atoms with Crippen molar-refractivity contribution in [2.24, 2.45) is 17.8 Å². The normalized spacial score (nSPS) is 13.1. The zero-order chi connectivity index (χ0) is 48.4. The van der Waals surface area contributed by atoms with Gasteiger partial charge in [0.2, 0.25) is 0 Å². The van der Waals surface area contributed by atoms with Crippen molar-refractivity contribution in [3.8, 4) is 0 Å². The first-order chi connectivity index (χ1) is 31.5. The summed E-state index contributed by atoms with van der Waals surface area (Å²) in [5, 5.41) is 29.2. The molecule has 0 aromatic heterocycles. The number of carbonyl (C=O) groups is 3. The summed E-state index contributed by atoms with van der Waals surface area (Å²) in [5.74, 6) is -0.210. The predicted octanol–water partition coefficient (Wildman–Crippen LogP) is 15.7. The van der Waals surface area contributed by atoms with Crippen LogP contribution < -0.4 is 10.0 Å². The molecule has 3 atom stereocenters.